The number of carbonyl (C=O) groups excluding carboxylic acids is 1. The number of ether oxygens (including phenoxy) is 1. The number of hydrogen-bond acceptors (Lipinski definition) is 4. The van der Waals surface area contributed by atoms with Crippen LogP contribution in [0.4, 0.5) is 5.82 Å². The molecule has 0 spiro atoms. The second-order valence-corrected chi connectivity index (χ2v) is 2.42. The molecule has 0 saturated heterocycles. The van der Waals surface area contributed by atoms with Crippen molar-refractivity contribution >= 4 is 11.8 Å². The molecule has 0 aliphatic carbocycles. The molecule has 5 nitrogen and oxygen atoms in total. The second kappa shape index (κ2) is 3.25. The first-order valence-electron chi connectivity index (χ1n) is 3.52. The van der Waals surface area contributed by atoms with Crippen molar-refractivity contribution in [1.82, 2.24) is 9.55 Å². The highest BCUT2D eigenvalue weighted by Gasteiger charge is 2.03. The summed E-state index contributed by atoms with van der Waals surface area (Å²) in [6.45, 7) is 3.27. The van der Waals surface area contributed by atoms with E-state index >= 15 is 0 Å². The lowest BCUT2D eigenvalue weighted by Gasteiger charge is -2.06. The summed E-state index contributed by atoms with van der Waals surface area (Å²) in [6, 6.07) is 0. The molecule has 0 aliphatic rings. The minimum absolute atomic E-state index is 0.132. The molecule has 0 atom stereocenters. The molecule has 0 unspecified atom stereocenters. The van der Waals surface area contributed by atoms with Crippen molar-refractivity contribution in [2.24, 2.45) is 0 Å². The topological polar surface area (TPSA) is 70.1 Å². The van der Waals surface area contributed by atoms with Crippen molar-refractivity contribution in [3.05, 3.63) is 12.0 Å². The van der Waals surface area contributed by atoms with E-state index in [9.17, 15) is 4.79 Å². The zero-order valence-corrected chi connectivity index (χ0v) is 7.07. The first-order valence-corrected chi connectivity index (χ1v) is 3.52. The second-order valence-electron chi connectivity index (χ2n) is 2.42. The summed E-state index contributed by atoms with van der Waals surface area (Å²) in [4.78, 5) is 14.4. The highest BCUT2D eigenvalue weighted by molar-refractivity contribution is 5.65. The Morgan fingerprint density at radius 1 is 1.83 bits per heavy atom. The maximum atomic E-state index is 10.5. The molecule has 5 heteroatoms. The van der Waals surface area contributed by atoms with Crippen molar-refractivity contribution in [3.8, 4) is 0 Å². The Labute approximate surface area is 70.1 Å². The van der Waals surface area contributed by atoms with Crippen molar-refractivity contribution in [3.63, 3.8) is 0 Å². The largest absolute Gasteiger partial charge is 0.444 e. The number of aryl methyl sites for hydroxylation is 1. The van der Waals surface area contributed by atoms with Gasteiger partial charge in [-0.1, -0.05) is 0 Å². The van der Waals surface area contributed by atoms with Crippen LogP contribution in [0.5, 0.6) is 0 Å². The van der Waals surface area contributed by atoms with Crippen LogP contribution >= 0.6 is 0 Å². The van der Waals surface area contributed by atoms with E-state index in [-0.39, 0.29) is 12.7 Å². The number of nitrogen functional groups attached to an aromatic ring is 1. The van der Waals surface area contributed by atoms with Gasteiger partial charge in [0, 0.05) is 6.92 Å². The standard InChI is InChI=1S/C7H11N3O2/c1-5-9-3-7(8)10(5)4-12-6(2)11/h3H,4,8H2,1-2H3. The van der Waals surface area contributed by atoms with E-state index in [2.05, 4.69) is 4.98 Å². The molecule has 0 fully saturated rings. The van der Waals surface area contributed by atoms with Crippen molar-refractivity contribution in [2.75, 3.05) is 5.73 Å². The molecule has 0 aromatic carbocycles. The maximum Gasteiger partial charge on any atom is 0.304 e. The van der Waals surface area contributed by atoms with Crippen molar-refractivity contribution < 1.29 is 9.53 Å². The number of carbonyl (C=O) groups is 1. The Hall–Kier alpha value is -1.52. The summed E-state index contributed by atoms with van der Waals surface area (Å²) in [6.07, 6.45) is 1.53. The first-order chi connectivity index (χ1) is 5.61. The van der Waals surface area contributed by atoms with Crippen molar-refractivity contribution in [1.29, 1.82) is 0 Å². The third kappa shape index (κ3) is 1.75. The normalized spacial score (nSPS) is 9.83. The van der Waals surface area contributed by atoms with Crippen molar-refractivity contribution in [2.45, 2.75) is 20.6 Å². The van der Waals surface area contributed by atoms with Gasteiger partial charge in [-0.25, -0.2) is 4.98 Å². The lowest BCUT2D eigenvalue weighted by atomic mass is 10.7. The van der Waals surface area contributed by atoms with Gasteiger partial charge >= 0.3 is 5.97 Å². The quantitative estimate of drug-likeness (QED) is 0.646. The SMILES string of the molecule is CC(=O)OCn1c(N)cnc1C. The molecule has 0 bridgehead atoms. The molecular formula is C7H11N3O2. The maximum absolute atomic E-state index is 10.5. The van der Waals surface area contributed by atoms with Crippen LogP contribution in [-0.4, -0.2) is 15.5 Å². The minimum Gasteiger partial charge on any atom is -0.444 e. The Balaban J connectivity index is 2.68. The highest BCUT2D eigenvalue weighted by atomic mass is 16.5. The Kier molecular flexibility index (Phi) is 2.32. The number of esters is 1. The number of aromatic nitrogens is 2. The van der Waals surface area contributed by atoms with Gasteiger partial charge in [0.1, 0.15) is 11.6 Å². The smallest absolute Gasteiger partial charge is 0.304 e. The molecule has 1 heterocycles. The third-order valence-corrected chi connectivity index (χ3v) is 1.48. The monoisotopic (exact) mass is 169 g/mol. The summed E-state index contributed by atoms with van der Waals surface area (Å²) in [5.41, 5.74) is 5.54. The van der Waals surface area contributed by atoms with Gasteiger partial charge in [0.25, 0.3) is 0 Å². The van der Waals surface area contributed by atoms with Gasteiger partial charge < -0.3 is 10.5 Å². The summed E-state index contributed by atoms with van der Waals surface area (Å²) in [5, 5.41) is 0. The van der Waals surface area contributed by atoms with Gasteiger partial charge in [-0.05, 0) is 6.92 Å². The van der Waals surface area contributed by atoms with E-state index in [0.717, 1.165) is 5.82 Å². The number of nitrogens with zero attached hydrogens (tertiary/aromatic N) is 2. The van der Waals surface area contributed by atoms with E-state index < -0.39 is 0 Å². The summed E-state index contributed by atoms with van der Waals surface area (Å²) >= 11 is 0. The fraction of sp³-hybridized carbons (Fsp3) is 0.429. The van der Waals surface area contributed by atoms with Crippen LogP contribution in [0.15, 0.2) is 6.20 Å². The lowest BCUT2D eigenvalue weighted by molar-refractivity contribution is -0.144. The van der Waals surface area contributed by atoms with E-state index in [1.165, 1.54) is 13.1 Å². The molecule has 12 heavy (non-hydrogen) atoms. The summed E-state index contributed by atoms with van der Waals surface area (Å²) in [7, 11) is 0. The Morgan fingerprint density at radius 3 is 2.92 bits per heavy atom. The summed E-state index contributed by atoms with van der Waals surface area (Å²) in [5.74, 6) is 0.894. The van der Waals surface area contributed by atoms with Crippen LogP contribution < -0.4 is 5.73 Å². The fourth-order valence-electron chi connectivity index (χ4n) is 0.809. The van der Waals surface area contributed by atoms with Crippen LogP contribution in [0.3, 0.4) is 0 Å². The van der Waals surface area contributed by atoms with Crippen LogP contribution in [0.25, 0.3) is 0 Å². The van der Waals surface area contributed by atoms with Gasteiger partial charge in [-0.15, -0.1) is 0 Å². The van der Waals surface area contributed by atoms with E-state index in [1.54, 1.807) is 11.5 Å². The predicted octanol–water partition coefficient (Wildman–Crippen LogP) is 0.294. The van der Waals surface area contributed by atoms with Crippen LogP contribution in [0.2, 0.25) is 0 Å². The Morgan fingerprint density at radius 2 is 2.50 bits per heavy atom. The van der Waals surface area contributed by atoms with Crippen LogP contribution in [0, 0.1) is 6.92 Å². The minimum atomic E-state index is -0.331. The van der Waals surface area contributed by atoms with Crippen LogP contribution in [-0.2, 0) is 16.3 Å². The van der Waals surface area contributed by atoms with E-state index in [4.69, 9.17) is 10.5 Å². The van der Waals surface area contributed by atoms with E-state index in [0.29, 0.717) is 5.82 Å². The summed E-state index contributed by atoms with van der Waals surface area (Å²) < 4.78 is 6.36. The van der Waals surface area contributed by atoms with Gasteiger partial charge in [-0.3, -0.25) is 9.36 Å². The molecule has 0 radical (unpaired) electrons. The van der Waals surface area contributed by atoms with Gasteiger partial charge in [0.05, 0.1) is 6.20 Å². The molecule has 0 saturated carbocycles. The molecular weight excluding hydrogens is 158 g/mol. The number of imidazole rings is 1. The molecule has 1 aromatic heterocycles. The first kappa shape index (κ1) is 8.58. The fourth-order valence-corrected chi connectivity index (χ4v) is 0.809. The Bertz CT molecular complexity index is 273. The predicted molar refractivity (Wildman–Crippen MR) is 43.1 cm³/mol. The zero-order valence-electron chi connectivity index (χ0n) is 7.07. The molecule has 2 N–H and O–H groups in total. The van der Waals surface area contributed by atoms with Gasteiger partial charge in [0.2, 0.25) is 0 Å². The lowest BCUT2D eigenvalue weighted by Crippen LogP contribution is -2.10. The average Bonchev–Trinajstić information content (AvgIpc) is 2.28. The van der Waals surface area contributed by atoms with Gasteiger partial charge in [0.15, 0.2) is 6.73 Å². The number of rotatable bonds is 2. The average molecular weight is 169 g/mol. The highest BCUT2D eigenvalue weighted by Crippen LogP contribution is 2.05. The third-order valence-electron chi connectivity index (χ3n) is 1.48. The molecule has 66 valence electrons. The number of hydrogen-bond donors (Lipinski definition) is 1. The molecule has 1 rings (SSSR count). The van der Waals surface area contributed by atoms with Gasteiger partial charge in [-0.2, -0.15) is 0 Å². The van der Waals surface area contributed by atoms with E-state index in [1.807, 2.05) is 0 Å². The van der Waals surface area contributed by atoms with Crippen LogP contribution in [0.1, 0.15) is 12.7 Å². The molecule has 0 amide bonds. The molecule has 1 aromatic rings. The molecule has 0 aliphatic heterocycles. The zero-order chi connectivity index (χ0) is 9.14. The number of nitrogens with two attached hydrogens (primary N) is 1. The number of anilines is 1.